The molecule has 0 aliphatic carbocycles. The number of ether oxygens (including phenoxy) is 4. The Bertz CT molecular complexity index is 1550. The summed E-state index contributed by atoms with van der Waals surface area (Å²) in [5.41, 5.74) is 3.64. The number of terminal acetylenes is 1. The van der Waals surface area contributed by atoms with Gasteiger partial charge in [-0.3, -0.25) is 0 Å². The van der Waals surface area contributed by atoms with Crippen molar-refractivity contribution in [3.8, 4) is 18.1 Å². The van der Waals surface area contributed by atoms with Crippen LogP contribution in [-0.4, -0.2) is 67.0 Å². The van der Waals surface area contributed by atoms with Crippen molar-refractivity contribution in [1.29, 1.82) is 0 Å². The van der Waals surface area contributed by atoms with E-state index in [9.17, 15) is 0 Å². The molecule has 1 aromatic rings. The Kier molecular flexibility index (Phi) is 19.0. The van der Waals surface area contributed by atoms with Gasteiger partial charge in [-0.25, -0.2) is 0 Å². The molecular weight excluding hydrogens is 741 g/mol. The molecule has 0 aromatic heterocycles. The second-order valence-electron chi connectivity index (χ2n) is 19.5. The van der Waals surface area contributed by atoms with Crippen molar-refractivity contribution in [1.82, 2.24) is 0 Å². The van der Waals surface area contributed by atoms with Gasteiger partial charge in [0.1, 0.15) is 5.75 Å². The van der Waals surface area contributed by atoms with E-state index in [1.165, 1.54) is 11.1 Å². The van der Waals surface area contributed by atoms with Crippen LogP contribution in [0.3, 0.4) is 0 Å². The molecule has 1 unspecified atom stereocenters. The van der Waals surface area contributed by atoms with Gasteiger partial charge in [-0.2, -0.15) is 0 Å². The van der Waals surface area contributed by atoms with Crippen molar-refractivity contribution in [2.24, 2.45) is 5.92 Å². The van der Waals surface area contributed by atoms with E-state index < -0.39 is 16.6 Å². The summed E-state index contributed by atoms with van der Waals surface area (Å²) in [5, 5.41) is 0.0963. The summed E-state index contributed by atoms with van der Waals surface area (Å²) in [5.74, 6) is 4.00. The van der Waals surface area contributed by atoms with Gasteiger partial charge in [0.2, 0.25) is 0 Å². The minimum atomic E-state index is -2.20. The number of rotatable bonds is 21. The highest BCUT2D eigenvalue weighted by molar-refractivity contribution is 6.74. The molecule has 0 saturated carbocycles. The molecule has 0 N–H and O–H groups in total. The molecule has 0 saturated heterocycles. The lowest BCUT2D eigenvalue weighted by Gasteiger charge is -2.40. The van der Waals surface area contributed by atoms with E-state index in [1.807, 2.05) is 12.1 Å². The fraction of sp³-hybridized carbons (Fsp3) is 0.633. The Morgan fingerprint density at radius 1 is 1.00 bits per heavy atom. The fourth-order valence-corrected chi connectivity index (χ4v) is 9.22. The lowest BCUT2D eigenvalue weighted by atomic mass is 9.91. The topological polar surface area (TPSA) is 55.4 Å². The summed E-state index contributed by atoms with van der Waals surface area (Å²) >= 11 is 0. The van der Waals surface area contributed by atoms with E-state index in [0.29, 0.717) is 32.0 Å². The SMILES string of the molecule is C#CC[C@@H]1C=CC[C@@H](C[C@@H](C)CC(=C)CC(/C=C/C[C@H](OCc2ccc(OC)cc2)[C@@H](/C=C/[C@@H]2CC(C)=CCO2)O[Si](C)(C)C(C)(C)C)O[Si](C)(C)C(C)(C)C)O1. The van der Waals surface area contributed by atoms with Crippen molar-refractivity contribution in [2.45, 2.75) is 180 Å². The van der Waals surface area contributed by atoms with Crippen LogP contribution in [0.25, 0.3) is 0 Å². The minimum Gasteiger partial charge on any atom is -0.497 e. The molecule has 2 aliphatic heterocycles. The zero-order valence-corrected chi connectivity index (χ0v) is 40.0. The van der Waals surface area contributed by atoms with E-state index in [4.69, 9.17) is 34.2 Å². The standard InChI is InChI=1S/C49H78O6Si2/c1-16-19-42-20-17-21-44(53-42)34-38(3)32-39(4)35-45(54-56(12,13)48(5,6)7)22-18-23-46(52-36-40-24-26-41(50-11)27-25-40)47(55-57(14,15)49(8,9)10)29-28-43-33-37(2)30-31-51-43/h1,17-18,20,22,24-30,38,42-47H,4,19,21,23,31-36H2,2-3,5-15H3/b22-18+,29-28+/t38-,42+,43+,44-,45?,46-,47+/m0/s1. The first kappa shape index (κ1) is 48.9. The van der Waals surface area contributed by atoms with Crippen LogP contribution < -0.4 is 4.74 Å². The van der Waals surface area contributed by atoms with Crippen molar-refractivity contribution in [3.05, 3.63) is 90.1 Å². The zero-order valence-electron chi connectivity index (χ0n) is 38.0. The third-order valence-corrected chi connectivity index (χ3v) is 21.2. The molecule has 0 amide bonds. The number of hydrogen-bond acceptors (Lipinski definition) is 6. The molecule has 2 aliphatic rings. The quantitative estimate of drug-likeness (QED) is 0.0700. The molecule has 7 atom stereocenters. The highest BCUT2D eigenvalue weighted by atomic mass is 28.4. The third-order valence-electron chi connectivity index (χ3n) is 12.2. The predicted octanol–water partition coefficient (Wildman–Crippen LogP) is 12.7. The summed E-state index contributed by atoms with van der Waals surface area (Å²) in [6, 6.07) is 8.11. The van der Waals surface area contributed by atoms with Gasteiger partial charge >= 0.3 is 0 Å². The molecule has 8 heteroatoms. The lowest BCUT2D eigenvalue weighted by Crippen LogP contribution is -2.47. The van der Waals surface area contributed by atoms with E-state index in [0.717, 1.165) is 43.4 Å². The summed E-state index contributed by atoms with van der Waals surface area (Å²) < 4.78 is 39.1. The van der Waals surface area contributed by atoms with Crippen molar-refractivity contribution in [3.63, 3.8) is 0 Å². The van der Waals surface area contributed by atoms with Crippen LogP contribution in [0.4, 0.5) is 0 Å². The van der Waals surface area contributed by atoms with E-state index in [1.54, 1.807) is 7.11 Å². The molecular formula is C49H78O6Si2. The van der Waals surface area contributed by atoms with Crippen molar-refractivity contribution >= 4 is 16.6 Å². The smallest absolute Gasteiger partial charge is 0.193 e. The largest absolute Gasteiger partial charge is 0.497 e. The second kappa shape index (κ2) is 22.2. The first-order valence-corrected chi connectivity index (χ1v) is 27.1. The minimum absolute atomic E-state index is 0.0135. The molecule has 0 spiro atoms. The first-order valence-electron chi connectivity index (χ1n) is 21.3. The zero-order chi connectivity index (χ0) is 42.4. The average Bonchev–Trinajstić information content (AvgIpc) is 3.10. The molecule has 0 fully saturated rings. The molecule has 57 heavy (non-hydrogen) atoms. The normalized spacial score (nSPS) is 21.9. The summed E-state index contributed by atoms with van der Waals surface area (Å²) in [6.07, 6.45) is 26.4. The fourth-order valence-electron chi connectivity index (χ4n) is 6.68. The maximum absolute atomic E-state index is 7.22. The van der Waals surface area contributed by atoms with Crippen LogP contribution in [0.5, 0.6) is 5.75 Å². The van der Waals surface area contributed by atoms with E-state index in [2.05, 4.69) is 149 Å². The Hall–Kier alpha value is -2.49. The number of hydrogen-bond donors (Lipinski definition) is 0. The van der Waals surface area contributed by atoms with E-state index >= 15 is 0 Å². The van der Waals surface area contributed by atoms with Gasteiger partial charge in [0.15, 0.2) is 16.6 Å². The summed E-state index contributed by atoms with van der Waals surface area (Å²) in [7, 11) is -2.62. The summed E-state index contributed by atoms with van der Waals surface area (Å²) in [4.78, 5) is 0. The number of benzene rings is 1. The van der Waals surface area contributed by atoms with Gasteiger partial charge < -0.3 is 27.8 Å². The van der Waals surface area contributed by atoms with Gasteiger partial charge in [0.25, 0.3) is 0 Å². The third kappa shape index (κ3) is 16.6. The first-order chi connectivity index (χ1) is 26.6. The van der Waals surface area contributed by atoms with Crippen LogP contribution in [0.15, 0.2) is 84.5 Å². The molecule has 1 aromatic carbocycles. The highest BCUT2D eigenvalue weighted by Gasteiger charge is 2.41. The molecule has 2 heterocycles. The Balaban J connectivity index is 1.89. The second-order valence-corrected chi connectivity index (χ2v) is 29.0. The Morgan fingerprint density at radius 2 is 1.67 bits per heavy atom. The lowest BCUT2D eigenvalue weighted by molar-refractivity contribution is -0.0204. The van der Waals surface area contributed by atoms with Crippen LogP contribution >= 0.6 is 0 Å². The molecule has 3 rings (SSSR count). The molecule has 0 radical (unpaired) electrons. The van der Waals surface area contributed by atoms with Crippen LogP contribution in [0, 0.1) is 18.3 Å². The predicted molar refractivity (Wildman–Crippen MR) is 245 cm³/mol. The molecule has 0 bridgehead atoms. The maximum atomic E-state index is 7.22. The highest BCUT2D eigenvalue weighted by Crippen LogP contribution is 2.40. The monoisotopic (exact) mass is 819 g/mol. The Morgan fingerprint density at radius 3 is 2.28 bits per heavy atom. The van der Waals surface area contributed by atoms with Gasteiger partial charge in [0.05, 0.1) is 56.9 Å². The number of methoxy groups -OCH3 is 1. The van der Waals surface area contributed by atoms with Crippen LogP contribution in [-0.2, 0) is 29.7 Å². The van der Waals surface area contributed by atoms with Gasteiger partial charge in [-0.05, 0) is 105 Å². The molecule has 6 nitrogen and oxygen atoms in total. The van der Waals surface area contributed by atoms with Gasteiger partial charge in [-0.1, -0.05) is 121 Å². The summed E-state index contributed by atoms with van der Waals surface area (Å²) in [6.45, 7) is 33.2. The van der Waals surface area contributed by atoms with E-state index in [-0.39, 0.29) is 46.7 Å². The molecule has 318 valence electrons. The van der Waals surface area contributed by atoms with Gasteiger partial charge in [0, 0.05) is 6.42 Å². The van der Waals surface area contributed by atoms with Gasteiger partial charge in [-0.15, -0.1) is 12.3 Å². The van der Waals surface area contributed by atoms with Crippen molar-refractivity contribution in [2.75, 3.05) is 13.7 Å². The van der Waals surface area contributed by atoms with Crippen LogP contribution in [0.2, 0.25) is 36.3 Å². The van der Waals surface area contributed by atoms with Crippen molar-refractivity contribution < 1.29 is 27.8 Å². The Labute approximate surface area is 350 Å². The maximum Gasteiger partial charge on any atom is 0.193 e. The average molecular weight is 819 g/mol. The van der Waals surface area contributed by atoms with Crippen LogP contribution in [0.1, 0.15) is 106 Å².